The maximum Gasteiger partial charge on any atom is 0.185 e. The number of halogens is 2. The van der Waals surface area contributed by atoms with Gasteiger partial charge in [0, 0.05) is 6.08 Å². The van der Waals surface area contributed by atoms with Gasteiger partial charge in [-0.05, 0) is 34.5 Å². The van der Waals surface area contributed by atoms with Crippen LogP contribution in [-0.4, -0.2) is 10.2 Å². The number of aliphatic hydroxyl groups is 2. The lowest BCUT2D eigenvalue weighted by Crippen LogP contribution is -1.74. The molecule has 0 amide bonds. The van der Waals surface area contributed by atoms with E-state index < -0.39 is 0 Å². The first-order valence-electron chi connectivity index (χ1n) is 2.15. The molecule has 0 aromatic rings. The van der Waals surface area contributed by atoms with E-state index in [-0.39, 0.29) is 11.0 Å². The van der Waals surface area contributed by atoms with Crippen molar-refractivity contribution in [1.82, 2.24) is 0 Å². The molecule has 0 heterocycles. The molecule has 0 fully saturated rings. The Bertz CT molecular complexity index is 154. The average Bonchev–Trinajstić information content (AvgIpc) is 1.63. The normalized spacial score (nSPS) is 15.2. The monoisotopic (exact) mass is 212 g/mol. The van der Waals surface area contributed by atoms with E-state index in [9.17, 15) is 0 Å². The van der Waals surface area contributed by atoms with Crippen LogP contribution in [0.1, 0.15) is 6.92 Å². The van der Waals surface area contributed by atoms with Crippen molar-refractivity contribution in [3.05, 3.63) is 21.5 Å². The quantitative estimate of drug-likeness (QED) is 0.519. The fraction of sp³-hybridized carbons (Fsp3) is 0.200. The summed E-state index contributed by atoms with van der Waals surface area (Å²) in [4.78, 5) is 0. The van der Waals surface area contributed by atoms with Gasteiger partial charge >= 0.3 is 0 Å². The van der Waals surface area contributed by atoms with E-state index in [0.717, 1.165) is 0 Å². The molecule has 9 heavy (non-hydrogen) atoms. The molecule has 0 bridgehead atoms. The van der Waals surface area contributed by atoms with Gasteiger partial charge < -0.3 is 10.2 Å². The summed E-state index contributed by atoms with van der Waals surface area (Å²) in [5.41, 5.74) is 0. The molecule has 2 nitrogen and oxygen atoms in total. The summed E-state index contributed by atoms with van der Waals surface area (Å²) in [6.07, 6.45) is 1.19. The molecule has 0 radical (unpaired) electrons. The minimum Gasteiger partial charge on any atom is -0.511 e. The third-order valence-corrected chi connectivity index (χ3v) is 1.50. The van der Waals surface area contributed by atoms with E-state index in [1.54, 1.807) is 0 Å². The summed E-state index contributed by atoms with van der Waals surface area (Å²) in [5.74, 6) is 0.0715. The predicted octanol–water partition coefficient (Wildman–Crippen LogP) is 2.81. The second kappa shape index (κ2) is 3.80. The van der Waals surface area contributed by atoms with Gasteiger partial charge in [0.25, 0.3) is 0 Å². The summed E-state index contributed by atoms with van der Waals surface area (Å²) in [7, 11) is 0. The SMILES string of the molecule is C/C(O)=C(/Br)C=C(O)Cl. The molecule has 2 N–H and O–H groups in total. The van der Waals surface area contributed by atoms with Gasteiger partial charge in [-0.2, -0.15) is 0 Å². The maximum absolute atomic E-state index is 8.69. The van der Waals surface area contributed by atoms with Gasteiger partial charge in [-0.25, -0.2) is 0 Å². The first-order chi connectivity index (χ1) is 4.04. The molecular weight excluding hydrogens is 207 g/mol. The summed E-state index contributed by atoms with van der Waals surface area (Å²) >= 11 is 8.01. The highest BCUT2D eigenvalue weighted by Crippen LogP contribution is 2.13. The van der Waals surface area contributed by atoms with E-state index in [4.69, 9.17) is 21.8 Å². The predicted molar refractivity (Wildman–Crippen MR) is 40.8 cm³/mol. The van der Waals surface area contributed by atoms with E-state index in [1.165, 1.54) is 13.0 Å². The van der Waals surface area contributed by atoms with E-state index in [0.29, 0.717) is 4.48 Å². The van der Waals surface area contributed by atoms with Crippen LogP contribution in [0.25, 0.3) is 0 Å². The van der Waals surface area contributed by atoms with Crippen molar-refractivity contribution in [3.8, 4) is 0 Å². The molecule has 0 aliphatic rings. The Morgan fingerprint density at radius 2 is 2.00 bits per heavy atom. The third kappa shape index (κ3) is 4.36. The number of aliphatic hydroxyl groups excluding tert-OH is 2. The molecular formula is C5H6BrClO2. The van der Waals surface area contributed by atoms with Crippen molar-refractivity contribution >= 4 is 27.5 Å². The second-order valence-electron chi connectivity index (χ2n) is 1.40. The van der Waals surface area contributed by atoms with Crippen LogP contribution in [0.5, 0.6) is 0 Å². The lowest BCUT2D eigenvalue weighted by Gasteiger charge is -1.90. The number of hydrogen-bond donors (Lipinski definition) is 2. The highest BCUT2D eigenvalue weighted by molar-refractivity contribution is 9.11. The van der Waals surface area contributed by atoms with E-state index >= 15 is 0 Å². The molecule has 0 aliphatic heterocycles. The van der Waals surface area contributed by atoms with Crippen molar-refractivity contribution in [1.29, 1.82) is 0 Å². The highest BCUT2D eigenvalue weighted by atomic mass is 79.9. The summed E-state index contributed by atoms with van der Waals surface area (Å²) in [6.45, 7) is 1.47. The highest BCUT2D eigenvalue weighted by Gasteiger charge is 1.92. The maximum atomic E-state index is 8.69. The Balaban J connectivity index is 4.25. The first kappa shape index (κ1) is 8.85. The Morgan fingerprint density at radius 1 is 1.56 bits per heavy atom. The average molecular weight is 213 g/mol. The molecule has 0 aliphatic carbocycles. The lowest BCUT2D eigenvalue weighted by molar-refractivity contribution is 0.412. The molecule has 52 valence electrons. The second-order valence-corrected chi connectivity index (χ2v) is 2.64. The summed E-state index contributed by atoms with van der Waals surface area (Å²) in [6, 6.07) is 0. The van der Waals surface area contributed by atoms with E-state index in [2.05, 4.69) is 15.9 Å². The standard InChI is InChI=1S/C5H6BrClO2/c1-3(8)4(6)2-5(7)9/h2,8-9H,1H3/b4-3-,5-2?. The van der Waals surface area contributed by atoms with Crippen LogP contribution in [0.3, 0.4) is 0 Å². The fourth-order valence-corrected chi connectivity index (χ4v) is 0.667. The van der Waals surface area contributed by atoms with Crippen LogP contribution < -0.4 is 0 Å². The zero-order chi connectivity index (χ0) is 7.44. The van der Waals surface area contributed by atoms with Crippen LogP contribution >= 0.6 is 27.5 Å². The van der Waals surface area contributed by atoms with Crippen LogP contribution in [0.2, 0.25) is 0 Å². The number of rotatable bonds is 1. The molecule has 0 spiro atoms. The molecule has 0 rings (SSSR count). The number of allylic oxidation sites excluding steroid dienone is 3. The Morgan fingerprint density at radius 3 is 2.11 bits per heavy atom. The molecule has 0 atom stereocenters. The van der Waals surface area contributed by atoms with Gasteiger partial charge in [0.15, 0.2) is 5.22 Å². The Hall–Kier alpha value is -0.150. The zero-order valence-corrected chi connectivity index (χ0v) is 7.07. The smallest absolute Gasteiger partial charge is 0.185 e. The molecule has 0 aromatic carbocycles. The van der Waals surface area contributed by atoms with Crippen molar-refractivity contribution in [3.63, 3.8) is 0 Å². The van der Waals surface area contributed by atoms with Crippen LogP contribution in [-0.2, 0) is 0 Å². The number of hydrogen-bond acceptors (Lipinski definition) is 2. The van der Waals surface area contributed by atoms with Crippen molar-refractivity contribution in [2.45, 2.75) is 6.92 Å². The van der Waals surface area contributed by atoms with E-state index in [1.807, 2.05) is 0 Å². The fourth-order valence-electron chi connectivity index (χ4n) is 0.209. The van der Waals surface area contributed by atoms with Gasteiger partial charge in [-0.1, -0.05) is 0 Å². The molecule has 0 unspecified atom stereocenters. The van der Waals surface area contributed by atoms with Crippen molar-refractivity contribution in [2.75, 3.05) is 0 Å². The van der Waals surface area contributed by atoms with Gasteiger partial charge in [0.05, 0.1) is 4.48 Å². The van der Waals surface area contributed by atoms with Crippen LogP contribution in [0.4, 0.5) is 0 Å². The van der Waals surface area contributed by atoms with Gasteiger partial charge in [0.1, 0.15) is 5.76 Å². The molecule has 0 saturated heterocycles. The summed E-state index contributed by atoms with van der Waals surface area (Å²) in [5, 5.41) is 16.7. The largest absolute Gasteiger partial charge is 0.511 e. The van der Waals surface area contributed by atoms with Crippen LogP contribution in [0, 0.1) is 0 Å². The zero-order valence-electron chi connectivity index (χ0n) is 4.73. The van der Waals surface area contributed by atoms with Gasteiger partial charge in [-0.15, -0.1) is 0 Å². The van der Waals surface area contributed by atoms with Gasteiger partial charge in [-0.3, -0.25) is 0 Å². The first-order valence-corrected chi connectivity index (χ1v) is 3.32. The summed E-state index contributed by atoms with van der Waals surface area (Å²) < 4.78 is 0.370. The minimum absolute atomic E-state index is 0.0715. The minimum atomic E-state index is -0.365. The van der Waals surface area contributed by atoms with Crippen molar-refractivity contribution < 1.29 is 10.2 Å². The third-order valence-electron chi connectivity index (χ3n) is 0.591. The molecule has 4 heteroatoms. The van der Waals surface area contributed by atoms with Crippen molar-refractivity contribution in [2.24, 2.45) is 0 Å². The molecule has 0 aromatic heterocycles. The topological polar surface area (TPSA) is 40.5 Å². The Labute approximate surface area is 66.6 Å². The Kier molecular flexibility index (Phi) is 3.73. The van der Waals surface area contributed by atoms with Crippen LogP contribution in [0.15, 0.2) is 21.5 Å². The molecule has 0 saturated carbocycles. The lowest BCUT2D eigenvalue weighted by atomic mass is 10.5. The van der Waals surface area contributed by atoms with Gasteiger partial charge in [0.2, 0.25) is 0 Å².